The molecule has 0 aliphatic carbocycles. The second kappa shape index (κ2) is 7.67. The maximum atomic E-state index is 11.7. The Morgan fingerprint density at radius 2 is 1.76 bits per heavy atom. The first-order valence-electron chi connectivity index (χ1n) is 6.45. The number of hydrogen-bond donors (Lipinski definition) is 2. The Balaban J connectivity index is 4.17. The quantitative estimate of drug-likeness (QED) is 0.703. The van der Waals surface area contributed by atoms with E-state index in [0.29, 0.717) is 18.5 Å². The highest BCUT2D eigenvalue weighted by Gasteiger charge is 2.19. The summed E-state index contributed by atoms with van der Waals surface area (Å²) in [6, 6.07) is -0.0322. The van der Waals surface area contributed by atoms with E-state index in [1.54, 1.807) is 0 Å². The Bertz CT molecular complexity index is 227. The maximum absolute atomic E-state index is 11.7. The fourth-order valence-electron chi connectivity index (χ4n) is 1.66. The molecular weight excluding hydrogens is 214 g/mol. The average molecular weight is 243 g/mol. The van der Waals surface area contributed by atoms with Crippen LogP contribution in [0, 0.1) is 11.8 Å². The molecule has 0 heterocycles. The molecule has 3 N–H and O–H groups in total. The van der Waals surface area contributed by atoms with Gasteiger partial charge in [-0.1, -0.05) is 27.7 Å². The third-order valence-corrected chi connectivity index (χ3v) is 3.01. The molecule has 0 fully saturated rings. The van der Waals surface area contributed by atoms with Gasteiger partial charge in [-0.05, 0) is 32.4 Å². The number of hydrogen-bond acceptors (Lipinski definition) is 3. The molecule has 0 aliphatic rings. The van der Waals surface area contributed by atoms with Crippen LogP contribution in [0.2, 0.25) is 0 Å². The van der Waals surface area contributed by atoms with Crippen LogP contribution in [0.4, 0.5) is 0 Å². The fraction of sp³-hybridized carbons (Fsp3) is 0.923. The zero-order valence-corrected chi connectivity index (χ0v) is 12.2. The topological polar surface area (TPSA) is 58.4 Å². The molecule has 0 aromatic heterocycles. The average Bonchev–Trinajstić information content (AvgIpc) is 2.21. The number of rotatable bonds is 7. The fourth-order valence-corrected chi connectivity index (χ4v) is 1.66. The van der Waals surface area contributed by atoms with Gasteiger partial charge in [0.05, 0.1) is 6.04 Å². The highest BCUT2D eigenvalue weighted by Crippen LogP contribution is 2.08. The van der Waals surface area contributed by atoms with E-state index >= 15 is 0 Å². The second-order valence-electron chi connectivity index (χ2n) is 5.76. The van der Waals surface area contributed by atoms with Gasteiger partial charge in [0.1, 0.15) is 0 Å². The monoisotopic (exact) mass is 243 g/mol. The van der Waals surface area contributed by atoms with Gasteiger partial charge in [0.2, 0.25) is 5.91 Å². The van der Waals surface area contributed by atoms with Gasteiger partial charge in [-0.2, -0.15) is 0 Å². The van der Waals surface area contributed by atoms with Crippen LogP contribution in [0.1, 0.15) is 34.1 Å². The lowest BCUT2D eigenvalue weighted by Crippen LogP contribution is -2.48. The predicted molar refractivity (Wildman–Crippen MR) is 72.8 cm³/mol. The summed E-state index contributed by atoms with van der Waals surface area (Å²) in [7, 11) is 4.09. The van der Waals surface area contributed by atoms with Gasteiger partial charge < -0.3 is 16.0 Å². The summed E-state index contributed by atoms with van der Waals surface area (Å²) in [5.74, 6) is 0.756. The zero-order chi connectivity index (χ0) is 13.6. The molecule has 102 valence electrons. The third kappa shape index (κ3) is 6.64. The van der Waals surface area contributed by atoms with Crippen LogP contribution in [0.25, 0.3) is 0 Å². The van der Waals surface area contributed by atoms with E-state index in [2.05, 4.69) is 24.1 Å². The number of carbonyl (C=O) groups excluding carboxylic acids is 1. The lowest BCUT2D eigenvalue weighted by atomic mass is 10.0. The van der Waals surface area contributed by atoms with Gasteiger partial charge in [-0.25, -0.2) is 0 Å². The summed E-state index contributed by atoms with van der Waals surface area (Å²) < 4.78 is 0. The Kier molecular flexibility index (Phi) is 7.39. The molecule has 0 saturated heterocycles. The van der Waals surface area contributed by atoms with Crippen molar-refractivity contribution in [3.05, 3.63) is 0 Å². The molecule has 0 spiro atoms. The van der Waals surface area contributed by atoms with Crippen molar-refractivity contribution in [3.63, 3.8) is 0 Å². The Hall–Kier alpha value is -0.610. The van der Waals surface area contributed by atoms with E-state index in [-0.39, 0.29) is 11.8 Å². The smallest absolute Gasteiger partial charge is 0.237 e. The van der Waals surface area contributed by atoms with Crippen molar-refractivity contribution in [2.75, 3.05) is 20.6 Å². The van der Waals surface area contributed by atoms with Crippen molar-refractivity contribution in [2.24, 2.45) is 17.6 Å². The highest BCUT2D eigenvalue weighted by atomic mass is 16.2. The zero-order valence-electron chi connectivity index (χ0n) is 12.2. The predicted octanol–water partition coefficient (Wildman–Crippen LogP) is 1.06. The minimum atomic E-state index is -0.406. The number of carbonyl (C=O) groups is 1. The van der Waals surface area contributed by atoms with Gasteiger partial charge in [-0.15, -0.1) is 0 Å². The second-order valence-corrected chi connectivity index (χ2v) is 5.76. The van der Waals surface area contributed by atoms with Crippen LogP contribution in [-0.2, 0) is 4.79 Å². The van der Waals surface area contributed by atoms with E-state index in [9.17, 15) is 4.79 Å². The molecule has 17 heavy (non-hydrogen) atoms. The molecule has 0 saturated carbocycles. The summed E-state index contributed by atoms with van der Waals surface area (Å²) in [6.07, 6.45) is 1.07. The standard InChI is InChI=1S/C13H29N3O/c1-9(2)7-11(16(5)6)8-15-13(17)12(14)10(3)4/h9-12H,7-8,14H2,1-6H3,(H,15,17)/t11?,12-/m1/s1. The Labute approximate surface area is 106 Å². The van der Waals surface area contributed by atoms with Crippen molar-refractivity contribution in [3.8, 4) is 0 Å². The van der Waals surface area contributed by atoms with Crippen molar-refractivity contribution in [1.29, 1.82) is 0 Å². The summed E-state index contributed by atoms with van der Waals surface area (Å²) >= 11 is 0. The normalized spacial score (nSPS) is 15.4. The largest absolute Gasteiger partial charge is 0.353 e. The van der Waals surface area contributed by atoms with E-state index in [4.69, 9.17) is 5.73 Å². The van der Waals surface area contributed by atoms with Crippen LogP contribution in [-0.4, -0.2) is 43.5 Å². The molecule has 2 atom stereocenters. The van der Waals surface area contributed by atoms with Crippen molar-refractivity contribution >= 4 is 5.91 Å². The molecule has 0 bridgehead atoms. The first-order chi connectivity index (χ1) is 7.75. The summed E-state index contributed by atoms with van der Waals surface area (Å²) in [4.78, 5) is 13.9. The van der Waals surface area contributed by atoms with Crippen molar-refractivity contribution in [1.82, 2.24) is 10.2 Å². The summed E-state index contributed by atoms with van der Waals surface area (Å²) in [5, 5.41) is 2.94. The molecule has 0 aliphatic heterocycles. The third-order valence-electron chi connectivity index (χ3n) is 3.01. The van der Waals surface area contributed by atoms with Crippen LogP contribution in [0.3, 0.4) is 0 Å². The Morgan fingerprint density at radius 1 is 1.24 bits per heavy atom. The van der Waals surface area contributed by atoms with Gasteiger partial charge in [0, 0.05) is 12.6 Å². The molecule has 1 amide bonds. The first kappa shape index (κ1) is 16.4. The number of nitrogens with zero attached hydrogens (tertiary/aromatic N) is 1. The van der Waals surface area contributed by atoms with Crippen LogP contribution < -0.4 is 11.1 Å². The number of nitrogens with two attached hydrogens (primary N) is 1. The van der Waals surface area contributed by atoms with Gasteiger partial charge in [-0.3, -0.25) is 4.79 Å². The molecule has 4 nitrogen and oxygen atoms in total. The van der Waals surface area contributed by atoms with Crippen LogP contribution in [0.5, 0.6) is 0 Å². The number of likely N-dealkylation sites (N-methyl/N-ethyl adjacent to an activating group) is 1. The molecule has 0 rings (SSSR count). The van der Waals surface area contributed by atoms with E-state index in [1.807, 2.05) is 27.9 Å². The molecule has 1 unspecified atom stereocenters. The van der Waals surface area contributed by atoms with Crippen LogP contribution >= 0.6 is 0 Å². The molecule has 4 heteroatoms. The summed E-state index contributed by atoms with van der Waals surface area (Å²) in [6.45, 7) is 8.98. The highest BCUT2D eigenvalue weighted by molar-refractivity contribution is 5.81. The minimum Gasteiger partial charge on any atom is -0.353 e. The molecule has 0 radical (unpaired) electrons. The van der Waals surface area contributed by atoms with Gasteiger partial charge in [0.25, 0.3) is 0 Å². The number of amides is 1. The lowest BCUT2D eigenvalue weighted by molar-refractivity contribution is -0.123. The van der Waals surface area contributed by atoms with E-state index in [0.717, 1.165) is 6.42 Å². The SMILES string of the molecule is CC(C)CC(CNC(=O)[C@H](N)C(C)C)N(C)C. The molecule has 0 aromatic carbocycles. The molecular formula is C13H29N3O. The molecule has 0 aromatic rings. The number of nitrogens with one attached hydrogen (secondary N) is 1. The maximum Gasteiger partial charge on any atom is 0.237 e. The van der Waals surface area contributed by atoms with Crippen molar-refractivity contribution in [2.45, 2.75) is 46.2 Å². The minimum absolute atomic E-state index is 0.0457. The van der Waals surface area contributed by atoms with E-state index in [1.165, 1.54) is 0 Å². The van der Waals surface area contributed by atoms with Gasteiger partial charge >= 0.3 is 0 Å². The van der Waals surface area contributed by atoms with Crippen molar-refractivity contribution < 1.29 is 4.79 Å². The van der Waals surface area contributed by atoms with E-state index < -0.39 is 6.04 Å². The summed E-state index contributed by atoms with van der Waals surface area (Å²) in [5.41, 5.74) is 5.80. The lowest BCUT2D eigenvalue weighted by Gasteiger charge is -2.27. The van der Waals surface area contributed by atoms with Gasteiger partial charge in [0.15, 0.2) is 0 Å². The van der Waals surface area contributed by atoms with Crippen LogP contribution in [0.15, 0.2) is 0 Å². The first-order valence-corrected chi connectivity index (χ1v) is 6.45. The Morgan fingerprint density at radius 3 is 2.12 bits per heavy atom.